The lowest BCUT2D eigenvalue weighted by Crippen LogP contribution is -2.13. The largest absolute Gasteiger partial charge is 0.381 e. The number of allylic oxidation sites excluding steroid dienone is 2. The van der Waals surface area contributed by atoms with Crippen molar-refractivity contribution in [1.82, 2.24) is 0 Å². The van der Waals surface area contributed by atoms with Crippen molar-refractivity contribution in [2.75, 3.05) is 13.2 Å². The first-order valence-corrected chi connectivity index (χ1v) is 12.3. The van der Waals surface area contributed by atoms with Gasteiger partial charge in [-0.3, -0.25) is 4.79 Å². The van der Waals surface area contributed by atoms with Gasteiger partial charge < -0.3 is 10.5 Å². The van der Waals surface area contributed by atoms with Gasteiger partial charge >= 0.3 is 0 Å². The van der Waals surface area contributed by atoms with Crippen LogP contribution in [-0.4, -0.2) is 19.1 Å². The predicted molar refractivity (Wildman–Crippen MR) is 123 cm³/mol. The maximum atomic E-state index is 10.6. The molecule has 0 rings (SSSR count). The summed E-state index contributed by atoms with van der Waals surface area (Å²) < 4.78 is 5.38. The van der Waals surface area contributed by atoms with Crippen LogP contribution in [0.3, 0.4) is 0 Å². The van der Waals surface area contributed by atoms with Crippen molar-refractivity contribution in [3.63, 3.8) is 0 Å². The third-order valence-corrected chi connectivity index (χ3v) is 5.29. The smallest absolute Gasteiger partial charge is 0.219 e. The van der Waals surface area contributed by atoms with E-state index in [1.807, 2.05) is 0 Å². The van der Waals surface area contributed by atoms with Gasteiger partial charge in [0.2, 0.25) is 5.91 Å². The molecule has 28 heavy (non-hydrogen) atoms. The van der Waals surface area contributed by atoms with Gasteiger partial charge in [0.15, 0.2) is 0 Å². The molecule has 0 radical (unpaired) electrons. The molecular weight excluding hydrogens is 346 g/mol. The lowest BCUT2D eigenvalue weighted by molar-refractivity contribution is -0.119. The molecule has 0 saturated heterocycles. The fourth-order valence-electron chi connectivity index (χ4n) is 3.43. The molecule has 3 nitrogen and oxygen atoms in total. The van der Waals surface area contributed by atoms with Crippen LogP contribution in [-0.2, 0) is 9.53 Å². The van der Waals surface area contributed by atoms with Crippen LogP contribution in [0.4, 0.5) is 0 Å². The molecule has 0 aromatic carbocycles. The molecule has 0 aromatic rings. The van der Waals surface area contributed by atoms with Gasteiger partial charge in [0.05, 0.1) is 6.61 Å². The molecule has 0 bridgehead atoms. The molecule has 0 aliphatic carbocycles. The summed E-state index contributed by atoms with van der Waals surface area (Å²) in [5.41, 5.74) is 5.06. The summed E-state index contributed by atoms with van der Waals surface area (Å²) in [6.45, 7) is 3.52. The fraction of sp³-hybridized carbons (Fsp3) is 0.880. The number of nitrogens with two attached hydrogens (primary N) is 1. The number of hydrogen-bond acceptors (Lipinski definition) is 2. The van der Waals surface area contributed by atoms with E-state index in [4.69, 9.17) is 10.5 Å². The van der Waals surface area contributed by atoms with Crippen molar-refractivity contribution in [2.45, 2.75) is 129 Å². The molecule has 3 heteroatoms. The monoisotopic (exact) mass is 395 g/mol. The van der Waals surface area contributed by atoms with Crippen molar-refractivity contribution in [3.8, 4) is 0 Å². The minimum Gasteiger partial charge on any atom is -0.381 e. The Hall–Kier alpha value is -0.830. The Labute approximate surface area is 175 Å². The number of carbonyl (C=O) groups is 1. The average molecular weight is 396 g/mol. The zero-order valence-corrected chi connectivity index (χ0v) is 18.9. The van der Waals surface area contributed by atoms with Crippen LogP contribution < -0.4 is 5.73 Å². The molecule has 2 N–H and O–H groups in total. The summed E-state index contributed by atoms with van der Waals surface area (Å²) in [5, 5.41) is 0. The molecule has 0 aliphatic heterocycles. The van der Waals surface area contributed by atoms with Gasteiger partial charge in [0.1, 0.15) is 0 Å². The predicted octanol–water partition coefficient (Wildman–Crippen LogP) is 7.48. The second-order valence-corrected chi connectivity index (χ2v) is 8.18. The maximum absolute atomic E-state index is 10.6. The van der Waals surface area contributed by atoms with Crippen LogP contribution in [0.1, 0.15) is 129 Å². The Morgan fingerprint density at radius 1 is 0.643 bits per heavy atom. The molecule has 0 fully saturated rings. The molecule has 0 saturated carbocycles. The standard InChI is InChI=1S/C25H49NO2/c1-2-3-4-5-6-7-8-9-10-11-12-13-14-15-16-17-18-19-20-21-23-28-24-22-25(26)27/h9-10H,2-8,11-24H2,1H3,(H2,26,27). The van der Waals surface area contributed by atoms with Crippen LogP contribution in [0.25, 0.3) is 0 Å². The zero-order valence-electron chi connectivity index (χ0n) is 18.9. The molecule has 0 atom stereocenters. The Balaban J connectivity index is 3.06. The highest BCUT2D eigenvalue weighted by Crippen LogP contribution is 2.12. The van der Waals surface area contributed by atoms with Crippen LogP contribution >= 0.6 is 0 Å². The van der Waals surface area contributed by atoms with Crippen molar-refractivity contribution < 1.29 is 9.53 Å². The van der Waals surface area contributed by atoms with Gasteiger partial charge in [0.25, 0.3) is 0 Å². The van der Waals surface area contributed by atoms with E-state index >= 15 is 0 Å². The normalized spacial score (nSPS) is 11.5. The summed E-state index contributed by atoms with van der Waals surface area (Å²) in [6.07, 6.45) is 29.4. The Bertz CT molecular complexity index is 341. The van der Waals surface area contributed by atoms with E-state index in [1.54, 1.807) is 0 Å². The highest BCUT2D eigenvalue weighted by atomic mass is 16.5. The quantitative estimate of drug-likeness (QED) is 0.144. The number of amides is 1. The molecule has 0 heterocycles. The molecule has 0 aromatic heterocycles. The third kappa shape index (κ3) is 25.2. The number of ether oxygens (including phenoxy) is 1. The summed E-state index contributed by atoms with van der Waals surface area (Å²) >= 11 is 0. The van der Waals surface area contributed by atoms with E-state index in [0.29, 0.717) is 13.0 Å². The SMILES string of the molecule is CCCCCCCCC=CCCCCCCCCCCCCOCCC(N)=O. The van der Waals surface area contributed by atoms with Gasteiger partial charge in [-0.15, -0.1) is 0 Å². The summed E-state index contributed by atoms with van der Waals surface area (Å²) in [4.78, 5) is 10.6. The van der Waals surface area contributed by atoms with E-state index in [-0.39, 0.29) is 5.91 Å². The number of unbranched alkanes of at least 4 members (excludes halogenated alkanes) is 16. The van der Waals surface area contributed by atoms with E-state index < -0.39 is 0 Å². The van der Waals surface area contributed by atoms with E-state index in [0.717, 1.165) is 13.0 Å². The highest BCUT2D eigenvalue weighted by molar-refractivity contribution is 5.73. The van der Waals surface area contributed by atoms with Gasteiger partial charge in [-0.05, 0) is 32.1 Å². The number of primary amides is 1. The van der Waals surface area contributed by atoms with Crippen LogP contribution in [0.5, 0.6) is 0 Å². The first-order chi connectivity index (χ1) is 13.8. The topological polar surface area (TPSA) is 52.3 Å². The summed E-state index contributed by atoms with van der Waals surface area (Å²) in [7, 11) is 0. The molecule has 0 aliphatic rings. The van der Waals surface area contributed by atoms with E-state index in [2.05, 4.69) is 19.1 Å². The lowest BCUT2D eigenvalue weighted by atomic mass is 10.1. The summed E-state index contributed by atoms with van der Waals surface area (Å²) in [5.74, 6) is -0.278. The second kappa shape index (κ2) is 24.2. The maximum Gasteiger partial charge on any atom is 0.219 e. The third-order valence-electron chi connectivity index (χ3n) is 5.29. The van der Waals surface area contributed by atoms with Gasteiger partial charge in [-0.25, -0.2) is 0 Å². The van der Waals surface area contributed by atoms with E-state index in [9.17, 15) is 4.79 Å². The fourth-order valence-corrected chi connectivity index (χ4v) is 3.43. The van der Waals surface area contributed by atoms with Crippen LogP contribution in [0, 0.1) is 0 Å². The van der Waals surface area contributed by atoms with Gasteiger partial charge in [-0.1, -0.05) is 103 Å². The molecule has 0 spiro atoms. The molecule has 1 amide bonds. The van der Waals surface area contributed by atoms with Crippen molar-refractivity contribution >= 4 is 5.91 Å². The minimum absolute atomic E-state index is 0.278. The van der Waals surface area contributed by atoms with E-state index in [1.165, 1.54) is 109 Å². The van der Waals surface area contributed by atoms with Gasteiger partial charge in [-0.2, -0.15) is 0 Å². The number of carbonyl (C=O) groups excluding carboxylic acids is 1. The van der Waals surface area contributed by atoms with Crippen molar-refractivity contribution in [1.29, 1.82) is 0 Å². The molecule has 166 valence electrons. The molecular formula is C25H49NO2. The lowest BCUT2D eigenvalue weighted by Gasteiger charge is -2.04. The average Bonchev–Trinajstić information content (AvgIpc) is 2.68. The van der Waals surface area contributed by atoms with Crippen molar-refractivity contribution in [2.24, 2.45) is 5.73 Å². The van der Waals surface area contributed by atoms with Crippen LogP contribution in [0.15, 0.2) is 12.2 Å². The number of rotatable bonds is 23. The molecule has 0 unspecified atom stereocenters. The highest BCUT2D eigenvalue weighted by Gasteiger charge is 1.96. The minimum atomic E-state index is -0.278. The Morgan fingerprint density at radius 3 is 1.54 bits per heavy atom. The summed E-state index contributed by atoms with van der Waals surface area (Å²) in [6, 6.07) is 0. The zero-order chi connectivity index (χ0) is 20.5. The Kier molecular flexibility index (Phi) is 23.5. The van der Waals surface area contributed by atoms with Crippen LogP contribution in [0.2, 0.25) is 0 Å². The Morgan fingerprint density at radius 2 is 1.07 bits per heavy atom. The first-order valence-electron chi connectivity index (χ1n) is 12.3. The van der Waals surface area contributed by atoms with Crippen molar-refractivity contribution in [3.05, 3.63) is 12.2 Å². The first kappa shape index (κ1) is 27.2. The second-order valence-electron chi connectivity index (χ2n) is 8.18. The number of hydrogen-bond donors (Lipinski definition) is 1. The van der Waals surface area contributed by atoms with Gasteiger partial charge in [0, 0.05) is 13.0 Å².